The molecule has 0 aliphatic rings. The Morgan fingerprint density at radius 3 is 2.09 bits per heavy atom. The molecule has 0 radical (unpaired) electrons. The lowest BCUT2D eigenvalue weighted by Gasteiger charge is -2.27. The van der Waals surface area contributed by atoms with Crippen LogP contribution >= 0.6 is 0 Å². The molecule has 0 fully saturated rings. The van der Waals surface area contributed by atoms with Crippen molar-refractivity contribution < 1.29 is 14.6 Å². The molecule has 170 valence electrons. The standard InChI is InChI=1S/C29H26N2O3/c1-22-9-8-10-24(19-22)21-34-27-17-15-23(16-18-27)20-30-31-28(32)29(33,25-11-4-2-5-12-25)26-13-6-3-7-14-26/h2-20,33H,21H2,1H3,(H,31,32)/b30-20+. The summed E-state index contributed by atoms with van der Waals surface area (Å²) in [5.74, 6) is 0.101. The topological polar surface area (TPSA) is 70.9 Å². The first-order valence-corrected chi connectivity index (χ1v) is 11.0. The van der Waals surface area contributed by atoms with Gasteiger partial charge in [-0.05, 0) is 53.4 Å². The number of carbonyl (C=O) groups excluding carboxylic acids is 1. The fourth-order valence-corrected chi connectivity index (χ4v) is 3.65. The van der Waals surface area contributed by atoms with E-state index in [-0.39, 0.29) is 0 Å². The van der Waals surface area contributed by atoms with Crippen LogP contribution < -0.4 is 10.2 Å². The highest BCUT2D eigenvalue weighted by Crippen LogP contribution is 2.29. The number of hydrogen-bond acceptors (Lipinski definition) is 4. The average molecular weight is 451 g/mol. The van der Waals surface area contributed by atoms with Crippen LogP contribution in [0.2, 0.25) is 0 Å². The lowest BCUT2D eigenvalue weighted by atomic mass is 9.85. The first-order chi connectivity index (χ1) is 16.6. The summed E-state index contributed by atoms with van der Waals surface area (Å²) in [5, 5.41) is 15.5. The van der Waals surface area contributed by atoms with Crippen molar-refractivity contribution in [3.63, 3.8) is 0 Å². The summed E-state index contributed by atoms with van der Waals surface area (Å²) in [6.45, 7) is 2.54. The van der Waals surface area contributed by atoms with Crippen LogP contribution in [0, 0.1) is 6.92 Å². The van der Waals surface area contributed by atoms with Crippen molar-refractivity contribution in [2.75, 3.05) is 0 Å². The zero-order chi connectivity index (χ0) is 23.8. The zero-order valence-corrected chi connectivity index (χ0v) is 18.9. The summed E-state index contributed by atoms with van der Waals surface area (Å²) in [5.41, 5.74) is 4.63. The lowest BCUT2D eigenvalue weighted by Crippen LogP contribution is -2.43. The third-order valence-electron chi connectivity index (χ3n) is 5.46. The number of nitrogens with zero attached hydrogens (tertiary/aromatic N) is 1. The average Bonchev–Trinajstić information content (AvgIpc) is 2.89. The van der Waals surface area contributed by atoms with E-state index in [9.17, 15) is 9.90 Å². The monoisotopic (exact) mass is 450 g/mol. The number of hydrogen-bond donors (Lipinski definition) is 2. The second kappa shape index (κ2) is 10.6. The second-order valence-electron chi connectivity index (χ2n) is 7.99. The highest BCUT2D eigenvalue weighted by atomic mass is 16.5. The highest BCUT2D eigenvalue weighted by Gasteiger charge is 2.39. The van der Waals surface area contributed by atoms with Gasteiger partial charge in [0.2, 0.25) is 0 Å². The largest absolute Gasteiger partial charge is 0.489 e. The van der Waals surface area contributed by atoms with Crippen LogP contribution in [0.25, 0.3) is 0 Å². The molecule has 0 saturated carbocycles. The van der Waals surface area contributed by atoms with E-state index in [1.807, 2.05) is 48.5 Å². The van der Waals surface area contributed by atoms with Gasteiger partial charge < -0.3 is 9.84 Å². The molecule has 2 N–H and O–H groups in total. The van der Waals surface area contributed by atoms with E-state index in [0.717, 1.165) is 16.9 Å². The maximum Gasteiger partial charge on any atom is 0.281 e. The van der Waals surface area contributed by atoms with Gasteiger partial charge in [0.1, 0.15) is 12.4 Å². The highest BCUT2D eigenvalue weighted by molar-refractivity contribution is 5.91. The normalized spacial score (nSPS) is 11.4. The SMILES string of the molecule is Cc1cccc(COc2ccc(/C=N/NC(=O)C(O)(c3ccccc3)c3ccccc3)cc2)c1. The predicted molar refractivity (Wildman–Crippen MR) is 134 cm³/mol. The lowest BCUT2D eigenvalue weighted by molar-refractivity contribution is -0.136. The minimum atomic E-state index is -1.87. The van der Waals surface area contributed by atoms with Gasteiger partial charge in [-0.1, -0.05) is 90.5 Å². The van der Waals surface area contributed by atoms with E-state index in [1.165, 1.54) is 11.8 Å². The number of aryl methyl sites for hydroxylation is 1. The van der Waals surface area contributed by atoms with Crippen LogP contribution in [-0.4, -0.2) is 17.2 Å². The van der Waals surface area contributed by atoms with Gasteiger partial charge in [0, 0.05) is 0 Å². The zero-order valence-electron chi connectivity index (χ0n) is 18.9. The molecule has 0 aromatic heterocycles. The molecule has 1 amide bonds. The van der Waals surface area contributed by atoms with Crippen molar-refractivity contribution in [1.29, 1.82) is 0 Å². The number of benzene rings is 4. The minimum Gasteiger partial charge on any atom is -0.489 e. The quantitative estimate of drug-likeness (QED) is 0.294. The van der Waals surface area contributed by atoms with E-state index in [4.69, 9.17) is 4.74 Å². The number of carbonyl (C=O) groups is 1. The van der Waals surface area contributed by atoms with Crippen LogP contribution in [0.3, 0.4) is 0 Å². The molecule has 0 bridgehead atoms. The summed E-state index contributed by atoms with van der Waals surface area (Å²) in [6, 6.07) is 33.2. The number of aliphatic hydroxyl groups is 1. The number of ether oxygens (including phenoxy) is 1. The van der Waals surface area contributed by atoms with Gasteiger partial charge in [-0.3, -0.25) is 4.79 Å². The summed E-state index contributed by atoms with van der Waals surface area (Å²) < 4.78 is 5.84. The Morgan fingerprint density at radius 1 is 0.882 bits per heavy atom. The summed E-state index contributed by atoms with van der Waals surface area (Å²) in [7, 11) is 0. The third kappa shape index (κ3) is 5.39. The van der Waals surface area contributed by atoms with Gasteiger partial charge in [-0.2, -0.15) is 5.10 Å². The third-order valence-corrected chi connectivity index (χ3v) is 5.46. The van der Waals surface area contributed by atoms with E-state index in [1.54, 1.807) is 48.5 Å². The molecule has 0 aliphatic carbocycles. The molecule has 0 unspecified atom stereocenters. The number of nitrogens with one attached hydrogen (secondary N) is 1. The number of rotatable bonds is 8. The maximum absolute atomic E-state index is 13.1. The Hall–Kier alpha value is -4.22. The molecule has 5 nitrogen and oxygen atoms in total. The van der Waals surface area contributed by atoms with Crippen molar-refractivity contribution >= 4 is 12.1 Å². The fraction of sp³-hybridized carbons (Fsp3) is 0.103. The molecule has 4 aromatic carbocycles. The Balaban J connectivity index is 1.42. The number of amides is 1. The van der Waals surface area contributed by atoms with Crippen LogP contribution in [0.5, 0.6) is 5.75 Å². The van der Waals surface area contributed by atoms with E-state index >= 15 is 0 Å². The summed E-state index contributed by atoms with van der Waals surface area (Å²) in [4.78, 5) is 13.1. The van der Waals surface area contributed by atoms with Gasteiger partial charge in [-0.15, -0.1) is 0 Å². The molecule has 4 aromatic rings. The van der Waals surface area contributed by atoms with Gasteiger partial charge in [0.25, 0.3) is 5.91 Å². The summed E-state index contributed by atoms with van der Waals surface area (Å²) >= 11 is 0. The van der Waals surface area contributed by atoms with Crippen LogP contribution in [0.4, 0.5) is 0 Å². The van der Waals surface area contributed by atoms with E-state index in [0.29, 0.717) is 17.7 Å². The molecule has 0 saturated heterocycles. The van der Waals surface area contributed by atoms with Gasteiger partial charge in [0.05, 0.1) is 6.21 Å². The van der Waals surface area contributed by atoms with Gasteiger partial charge in [-0.25, -0.2) is 5.43 Å². The minimum absolute atomic E-state index is 0.462. The predicted octanol–water partition coefficient (Wildman–Crippen LogP) is 4.96. The smallest absolute Gasteiger partial charge is 0.281 e. The molecule has 0 aliphatic heterocycles. The number of hydrazone groups is 1. The molecule has 4 rings (SSSR count). The molecule has 5 heteroatoms. The Bertz CT molecular complexity index is 1210. The van der Waals surface area contributed by atoms with E-state index in [2.05, 4.69) is 29.6 Å². The first-order valence-electron chi connectivity index (χ1n) is 11.0. The molecular weight excluding hydrogens is 424 g/mol. The molecule has 0 heterocycles. The van der Waals surface area contributed by atoms with Crippen LogP contribution in [0.15, 0.2) is 114 Å². The molecule has 0 spiro atoms. The van der Waals surface area contributed by atoms with Gasteiger partial charge in [0.15, 0.2) is 5.60 Å². The summed E-state index contributed by atoms with van der Waals surface area (Å²) in [6.07, 6.45) is 1.53. The Morgan fingerprint density at radius 2 is 1.50 bits per heavy atom. The fourth-order valence-electron chi connectivity index (χ4n) is 3.65. The van der Waals surface area contributed by atoms with E-state index < -0.39 is 11.5 Å². The van der Waals surface area contributed by atoms with Crippen LogP contribution in [-0.2, 0) is 17.0 Å². The van der Waals surface area contributed by atoms with Crippen molar-refractivity contribution in [2.45, 2.75) is 19.1 Å². The van der Waals surface area contributed by atoms with Crippen LogP contribution in [0.1, 0.15) is 27.8 Å². The molecule has 34 heavy (non-hydrogen) atoms. The molecular formula is C29H26N2O3. The molecule has 0 atom stereocenters. The second-order valence-corrected chi connectivity index (χ2v) is 7.99. The Kier molecular flexibility index (Phi) is 7.16. The van der Waals surface area contributed by atoms with Crippen molar-refractivity contribution in [2.24, 2.45) is 5.10 Å². The van der Waals surface area contributed by atoms with Crippen molar-refractivity contribution in [1.82, 2.24) is 5.43 Å². The van der Waals surface area contributed by atoms with Crippen molar-refractivity contribution in [3.8, 4) is 5.75 Å². The van der Waals surface area contributed by atoms with Crippen molar-refractivity contribution in [3.05, 3.63) is 137 Å². The maximum atomic E-state index is 13.1. The Labute approximate surface area is 199 Å². The van der Waals surface area contributed by atoms with Gasteiger partial charge >= 0.3 is 0 Å². The first kappa shape index (κ1) is 23.0.